The molecule has 0 aliphatic carbocycles. The lowest BCUT2D eigenvalue weighted by Gasteiger charge is -2.08. The summed E-state index contributed by atoms with van der Waals surface area (Å²) in [6.45, 7) is 2.65. The lowest BCUT2D eigenvalue weighted by atomic mass is 10.1. The molecule has 1 amide bonds. The van der Waals surface area contributed by atoms with Gasteiger partial charge < -0.3 is 15.2 Å². The third-order valence-corrected chi connectivity index (χ3v) is 4.45. The molecule has 0 aliphatic heterocycles. The first-order valence-electron chi connectivity index (χ1n) is 8.79. The molecule has 0 bridgehead atoms. The maximum absolute atomic E-state index is 11.9. The van der Waals surface area contributed by atoms with E-state index in [1.165, 1.54) is 39.2 Å². The van der Waals surface area contributed by atoms with E-state index in [9.17, 15) is 9.90 Å². The average Bonchev–Trinajstić information content (AvgIpc) is 2.56. The molecule has 1 rings (SSSR count). The molecule has 0 fully saturated rings. The molecule has 0 spiro atoms. The summed E-state index contributed by atoms with van der Waals surface area (Å²) in [6, 6.07) is 5.10. The van der Waals surface area contributed by atoms with Crippen LogP contribution in [0.4, 0.5) is 0 Å². The quantitative estimate of drug-likeness (QED) is 0.387. The van der Waals surface area contributed by atoms with Gasteiger partial charge in [-0.3, -0.25) is 4.79 Å². The Balaban J connectivity index is 2.08. The number of nitrogens with one attached hydrogen (secondary N) is 1. The van der Waals surface area contributed by atoms with E-state index in [2.05, 4.69) is 28.2 Å². The molecular weight excluding hydrogens is 370 g/mol. The van der Waals surface area contributed by atoms with Crippen LogP contribution < -0.4 is 10.1 Å². The molecule has 0 radical (unpaired) electrons. The number of carbonyl (C=O) groups excluding carboxylic acids is 1. The lowest BCUT2D eigenvalue weighted by Crippen LogP contribution is -2.22. The Bertz CT molecular complexity index is 492. The first-order valence-corrected chi connectivity index (χ1v) is 9.71. The summed E-state index contributed by atoms with van der Waals surface area (Å²) < 4.78 is 5.06. The van der Waals surface area contributed by atoms with Gasteiger partial charge in [0.25, 0.3) is 0 Å². The van der Waals surface area contributed by atoms with Crippen molar-refractivity contribution in [1.29, 1.82) is 0 Å². The van der Waals surface area contributed by atoms with E-state index in [0.29, 0.717) is 23.5 Å². The van der Waals surface area contributed by atoms with Crippen molar-refractivity contribution in [3.8, 4) is 11.5 Å². The van der Waals surface area contributed by atoms with E-state index in [1.807, 2.05) is 0 Å². The number of hydrogen-bond donors (Lipinski definition) is 2. The van der Waals surface area contributed by atoms with Gasteiger partial charge in [-0.2, -0.15) is 0 Å². The van der Waals surface area contributed by atoms with Crippen molar-refractivity contribution in [2.45, 2.75) is 69.7 Å². The molecule has 1 aromatic rings. The normalized spacial score (nSPS) is 12.0. The maximum Gasteiger partial charge on any atom is 0.220 e. The fourth-order valence-electron chi connectivity index (χ4n) is 2.54. The highest BCUT2D eigenvalue weighted by atomic mass is 79.9. The van der Waals surface area contributed by atoms with Crippen LogP contribution in [0.1, 0.15) is 63.9 Å². The molecule has 5 heteroatoms. The number of halogens is 1. The van der Waals surface area contributed by atoms with Crippen LogP contribution in [0.5, 0.6) is 11.5 Å². The number of unbranched alkanes of at least 4 members (excludes halogenated alkanes) is 5. The Hall–Kier alpha value is -1.23. The topological polar surface area (TPSA) is 58.6 Å². The summed E-state index contributed by atoms with van der Waals surface area (Å²) in [5.74, 6) is 0.615. The highest BCUT2D eigenvalue weighted by molar-refractivity contribution is 9.09. The number of amides is 1. The highest BCUT2D eigenvalue weighted by Crippen LogP contribution is 2.26. The number of phenolic OH excluding ortho intramolecular Hbond substituents is 1. The summed E-state index contributed by atoms with van der Waals surface area (Å²) in [7, 11) is 1.51. The molecular formula is C19H30BrNO3. The van der Waals surface area contributed by atoms with Gasteiger partial charge in [0, 0.05) is 17.8 Å². The Morgan fingerprint density at radius 3 is 2.54 bits per heavy atom. The van der Waals surface area contributed by atoms with Crippen LogP contribution in [0.2, 0.25) is 0 Å². The molecule has 1 unspecified atom stereocenters. The molecule has 24 heavy (non-hydrogen) atoms. The van der Waals surface area contributed by atoms with Gasteiger partial charge in [0.1, 0.15) is 0 Å². The van der Waals surface area contributed by atoms with Crippen molar-refractivity contribution in [2.24, 2.45) is 0 Å². The minimum Gasteiger partial charge on any atom is -0.504 e. The minimum atomic E-state index is 0.0788. The van der Waals surface area contributed by atoms with Gasteiger partial charge in [-0.1, -0.05) is 61.0 Å². The van der Waals surface area contributed by atoms with E-state index in [0.717, 1.165) is 18.4 Å². The van der Waals surface area contributed by atoms with Gasteiger partial charge in [-0.05, 0) is 30.5 Å². The Morgan fingerprint density at radius 1 is 1.21 bits per heavy atom. The van der Waals surface area contributed by atoms with E-state index in [-0.39, 0.29) is 11.7 Å². The van der Waals surface area contributed by atoms with Crippen LogP contribution in [0.25, 0.3) is 0 Å². The number of methoxy groups -OCH3 is 1. The van der Waals surface area contributed by atoms with Crippen LogP contribution in [0, 0.1) is 0 Å². The van der Waals surface area contributed by atoms with Crippen LogP contribution in [-0.2, 0) is 11.3 Å². The molecule has 4 nitrogen and oxygen atoms in total. The summed E-state index contributed by atoms with van der Waals surface area (Å²) in [4.78, 5) is 12.5. The van der Waals surface area contributed by atoms with Gasteiger partial charge >= 0.3 is 0 Å². The highest BCUT2D eigenvalue weighted by Gasteiger charge is 2.05. The fraction of sp³-hybridized carbons (Fsp3) is 0.632. The molecule has 0 aliphatic rings. The van der Waals surface area contributed by atoms with E-state index < -0.39 is 0 Å². The monoisotopic (exact) mass is 399 g/mol. The molecule has 2 N–H and O–H groups in total. The van der Waals surface area contributed by atoms with Crippen LogP contribution >= 0.6 is 15.9 Å². The summed E-state index contributed by atoms with van der Waals surface area (Å²) in [5.41, 5.74) is 0.916. The Morgan fingerprint density at radius 2 is 1.88 bits per heavy atom. The van der Waals surface area contributed by atoms with Crippen LogP contribution in [0.3, 0.4) is 0 Å². The molecule has 1 aromatic carbocycles. The van der Waals surface area contributed by atoms with Crippen LogP contribution in [-0.4, -0.2) is 23.0 Å². The third-order valence-electron chi connectivity index (χ3n) is 3.99. The molecule has 0 saturated carbocycles. The number of rotatable bonds is 12. The van der Waals surface area contributed by atoms with Crippen molar-refractivity contribution in [1.82, 2.24) is 5.32 Å². The standard InChI is InChI=1S/C19H30BrNO3/c1-15(20)9-7-5-3-4-6-8-10-19(23)21-14-16-11-12-17(22)18(13-16)24-2/h11-13,15,22H,3-10,14H2,1-2H3,(H,21,23). The zero-order chi connectivity index (χ0) is 17.8. The predicted molar refractivity (Wildman–Crippen MR) is 102 cm³/mol. The number of alkyl halides is 1. The molecule has 136 valence electrons. The number of ether oxygens (including phenoxy) is 1. The first kappa shape index (κ1) is 20.8. The molecule has 0 aromatic heterocycles. The SMILES string of the molecule is COc1cc(CNC(=O)CCCCCCCCC(C)Br)ccc1O. The third kappa shape index (κ3) is 9.16. The fourth-order valence-corrected chi connectivity index (χ4v) is 2.86. The number of aromatic hydroxyl groups is 1. The van der Waals surface area contributed by atoms with Crippen molar-refractivity contribution < 1.29 is 14.6 Å². The van der Waals surface area contributed by atoms with Gasteiger partial charge in [-0.15, -0.1) is 0 Å². The second-order valence-corrected chi connectivity index (χ2v) is 7.79. The molecule has 0 saturated heterocycles. The van der Waals surface area contributed by atoms with Crippen molar-refractivity contribution >= 4 is 21.8 Å². The summed E-state index contributed by atoms with van der Waals surface area (Å²) in [5, 5.41) is 12.5. The smallest absolute Gasteiger partial charge is 0.220 e. The second kappa shape index (κ2) is 12.2. The average molecular weight is 400 g/mol. The lowest BCUT2D eigenvalue weighted by molar-refractivity contribution is -0.121. The van der Waals surface area contributed by atoms with Gasteiger partial charge in [0.15, 0.2) is 11.5 Å². The zero-order valence-corrected chi connectivity index (χ0v) is 16.4. The Labute approximate surface area is 154 Å². The number of carbonyl (C=O) groups is 1. The van der Waals surface area contributed by atoms with E-state index in [1.54, 1.807) is 18.2 Å². The minimum absolute atomic E-state index is 0.0788. The van der Waals surface area contributed by atoms with Crippen molar-refractivity contribution in [2.75, 3.05) is 7.11 Å². The largest absolute Gasteiger partial charge is 0.504 e. The Kier molecular flexibility index (Phi) is 10.6. The van der Waals surface area contributed by atoms with Crippen molar-refractivity contribution in [3.63, 3.8) is 0 Å². The maximum atomic E-state index is 11.9. The van der Waals surface area contributed by atoms with Gasteiger partial charge in [0.2, 0.25) is 5.91 Å². The number of phenols is 1. The van der Waals surface area contributed by atoms with E-state index in [4.69, 9.17) is 4.74 Å². The summed E-state index contributed by atoms with van der Waals surface area (Å²) >= 11 is 3.56. The molecule has 0 heterocycles. The van der Waals surface area contributed by atoms with E-state index >= 15 is 0 Å². The van der Waals surface area contributed by atoms with Crippen molar-refractivity contribution in [3.05, 3.63) is 23.8 Å². The predicted octanol–water partition coefficient (Wildman–Crippen LogP) is 4.92. The van der Waals surface area contributed by atoms with Crippen LogP contribution in [0.15, 0.2) is 18.2 Å². The number of hydrogen-bond acceptors (Lipinski definition) is 3. The molecule has 1 atom stereocenters. The first-order chi connectivity index (χ1) is 11.5. The van der Waals surface area contributed by atoms with Gasteiger partial charge in [-0.25, -0.2) is 0 Å². The number of benzene rings is 1. The van der Waals surface area contributed by atoms with Gasteiger partial charge in [0.05, 0.1) is 7.11 Å². The second-order valence-electron chi connectivity index (χ2n) is 6.22. The summed E-state index contributed by atoms with van der Waals surface area (Å²) in [6.07, 6.45) is 8.91. The zero-order valence-electron chi connectivity index (χ0n) is 14.8.